The van der Waals surface area contributed by atoms with Crippen LogP contribution in [0.1, 0.15) is 60.3 Å². The number of aryl methyl sites for hydroxylation is 1. The average Bonchev–Trinajstić information content (AvgIpc) is 2.68. The third kappa shape index (κ3) is 2.26. The molecule has 100 valence electrons. The van der Waals surface area contributed by atoms with E-state index in [1.807, 2.05) is 0 Å². The lowest BCUT2D eigenvalue weighted by molar-refractivity contribution is 0.0953. The minimum absolute atomic E-state index is 0.00722. The van der Waals surface area contributed by atoms with Gasteiger partial charge in [-0.3, -0.25) is 4.79 Å². The van der Waals surface area contributed by atoms with Crippen molar-refractivity contribution >= 4 is 22.2 Å². The van der Waals surface area contributed by atoms with Crippen molar-refractivity contribution < 1.29 is 4.79 Å². The maximum absolute atomic E-state index is 12.2. The van der Waals surface area contributed by atoms with Crippen LogP contribution in [-0.2, 0) is 6.42 Å². The highest BCUT2D eigenvalue weighted by molar-refractivity contribution is 7.16. The molecule has 1 heterocycles. The fourth-order valence-electron chi connectivity index (χ4n) is 2.63. The highest BCUT2D eigenvalue weighted by Crippen LogP contribution is 2.44. The van der Waals surface area contributed by atoms with E-state index in [0.29, 0.717) is 23.4 Å². The summed E-state index contributed by atoms with van der Waals surface area (Å²) in [4.78, 5) is 13.5. The van der Waals surface area contributed by atoms with Crippen LogP contribution in [0.2, 0.25) is 0 Å². The average molecular weight is 266 g/mol. The maximum Gasteiger partial charge on any atom is 0.254 e. The number of hydrogen-bond acceptors (Lipinski definition) is 3. The van der Waals surface area contributed by atoms with E-state index < -0.39 is 0 Å². The lowest BCUT2D eigenvalue weighted by Gasteiger charge is -2.26. The molecule has 1 aliphatic carbocycles. The van der Waals surface area contributed by atoms with Crippen molar-refractivity contribution in [1.82, 2.24) is 5.32 Å². The van der Waals surface area contributed by atoms with E-state index in [2.05, 4.69) is 26.1 Å². The van der Waals surface area contributed by atoms with Crippen molar-refractivity contribution in [1.29, 1.82) is 0 Å². The summed E-state index contributed by atoms with van der Waals surface area (Å²) in [5.74, 6) is 1.07. The van der Waals surface area contributed by atoms with Crippen LogP contribution in [0.25, 0.3) is 0 Å². The summed E-state index contributed by atoms with van der Waals surface area (Å²) >= 11 is 1.60. The van der Waals surface area contributed by atoms with E-state index in [-0.39, 0.29) is 5.91 Å². The molecule has 1 amide bonds. The Hall–Kier alpha value is -1.03. The van der Waals surface area contributed by atoms with E-state index >= 15 is 0 Å². The number of carbonyl (C=O) groups excluding carboxylic acids is 1. The normalized spacial score (nSPS) is 22.6. The number of amides is 1. The third-order valence-corrected chi connectivity index (χ3v) is 5.04. The van der Waals surface area contributed by atoms with Crippen LogP contribution in [0.3, 0.4) is 0 Å². The van der Waals surface area contributed by atoms with Gasteiger partial charge >= 0.3 is 0 Å². The molecule has 2 unspecified atom stereocenters. The van der Waals surface area contributed by atoms with Gasteiger partial charge in [-0.25, -0.2) is 0 Å². The van der Waals surface area contributed by atoms with Gasteiger partial charge in [0.15, 0.2) is 0 Å². The summed E-state index contributed by atoms with van der Waals surface area (Å²) < 4.78 is 0. The summed E-state index contributed by atoms with van der Waals surface area (Å²) in [6, 6.07) is 0. The molecule has 0 aromatic carbocycles. The molecular weight excluding hydrogens is 244 g/mol. The van der Waals surface area contributed by atoms with Crippen LogP contribution in [0.5, 0.6) is 0 Å². The number of carbonyl (C=O) groups is 1. The topological polar surface area (TPSA) is 55.1 Å². The van der Waals surface area contributed by atoms with Gasteiger partial charge in [-0.2, -0.15) is 0 Å². The quantitative estimate of drug-likeness (QED) is 0.883. The molecule has 1 aromatic rings. The number of anilines is 1. The summed E-state index contributed by atoms with van der Waals surface area (Å²) in [6.07, 6.45) is 3.21. The number of nitrogens with two attached hydrogens (primary N) is 1. The summed E-state index contributed by atoms with van der Waals surface area (Å²) in [6.45, 7) is 7.24. The molecule has 1 aliphatic rings. The highest BCUT2D eigenvalue weighted by Gasteiger charge is 2.31. The van der Waals surface area contributed by atoms with Gasteiger partial charge in [0.05, 0.1) is 10.6 Å². The van der Waals surface area contributed by atoms with E-state index in [4.69, 9.17) is 5.73 Å². The Kier molecular flexibility index (Phi) is 3.95. The largest absolute Gasteiger partial charge is 0.390 e. The second-order valence-electron chi connectivity index (χ2n) is 5.24. The first-order chi connectivity index (χ1) is 8.56. The summed E-state index contributed by atoms with van der Waals surface area (Å²) in [7, 11) is 0. The SMILES string of the molecule is CCCNC(=O)c1c(N)sc2c1C(C)C(C)CC2. The van der Waals surface area contributed by atoms with Crippen LogP contribution in [0.15, 0.2) is 0 Å². The van der Waals surface area contributed by atoms with Crippen molar-refractivity contribution in [3.8, 4) is 0 Å². The molecule has 1 aromatic heterocycles. The van der Waals surface area contributed by atoms with Gasteiger partial charge in [-0.15, -0.1) is 11.3 Å². The van der Waals surface area contributed by atoms with E-state index in [9.17, 15) is 4.79 Å². The third-order valence-electron chi connectivity index (χ3n) is 3.95. The van der Waals surface area contributed by atoms with Crippen molar-refractivity contribution in [2.45, 2.75) is 46.0 Å². The molecule has 2 rings (SSSR count). The molecule has 18 heavy (non-hydrogen) atoms. The molecule has 0 saturated heterocycles. The zero-order valence-electron chi connectivity index (χ0n) is 11.4. The van der Waals surface area contributed by atoms with Gasteiger partial charge in [-0.1, -0.05) is 20.8 Å². The van der Waals surface area contributed by atoms with E-state index in [0.717, 1.165) is 18.4 Å². The Morgan fingerprint density at radius 1 is 1.50 bits per heavy atom. The lowest BCUT2D eigenvalue weighted by atomic mass is 9.79. The standard InChI is InChI=1S/C14H22N2OS/c1-4-7-16-14(17)12-11-9(3)8(2)5-6-10(11)18-13(12)15/h8-9H,4-7,15H2,1-3H3,(H,16,17). The first kappa shape index (κ1) is 13.4. The molecule has 3 N–H and O–H groups in total. The Labute approximate surface area is 113 Å². The summed E-state index contributed by atoms with van der Waals surface area (Å²) in [5, 5.41) is 3.64. The predicted molar refractivity (Wildman–Crippen MR) is 77.3 cm³/mol. The monoisotopic (exact) mass is 266 g/mol. The molecule has 4 heteroatoms. The molecule has 0 bridgehead atoms. The van der Waals surface area contributed by atoms with Crippen LogP contribution >= 0.6 is 11.3 Å². The molecule has 3 nitrogen and oxygen atoms in total. The first-order valence-electron chi connectivity index (χ1n) is 6.75. The van der Waals surface area contributed by atoms with Crippen molar-refractivity contribution in [3.63, 3.8) is 0 Å². The fraction of sp³-hybridized carbons (Fsp3) is 0.643. The first-order valence-corrected chi connectivity index (χ1v) is 7.57. The number of hydrogen-bond donors (Lipinski definition) is 2. The van der Waals surface area contributed by atoms with Gasteiger partial charge in [0.25, 0.3) is 5.91 Å². The lowest BCUT2D eigenvalue weighted by Crippen LogP contribution is -2.27. The number of nitrogen functional groups attached to an aromatic ring is 1. The molecule has 0 fully saturated rings. The smallest absolute Gasteiger partial charge is 0.254 e. The maximum atomic E-state index is 12.2. The molecule has 0 saturated carbocycles. The van der Waals surface area contributed by atoms with Crippen LogP contribution in [0.4, 0.5) is 5.00 Å². The zero-order chi connectivity index (χ0) is 13.3. The van der Waals surface area contributed by atoms with Gasteiger partial charge in [0.2, 0.25) is 0 Å². The minimum Gasteiger partial charge on any atom is -0.390 e. The zero-order valence-corrected chi connectivity index (χ0v) is 12.2. The number of rotatable bonds is 3. The Bertz CT molecular complexity index is 453. The highest BCUT2D eigenvalue weighted by atomic mass is 32.1. The number of thiophene rings is 1. The second kappa shape index (κ2) is 5.31. The van der Waals surface area contributed by atoms with Crippen molar-refractivity contribution in [3.05, 3.63) is 16.0 Å². The van der Waals surface area contributed by atoms with Crippen molar-refractivity contribution in [2.75, 3.05) is 12.3 Å². The molecule has 0 radical (unpaired) electrons. The molecule has 0 spiro atoms. The second-order valence-corrected chi connectivity index (χ2v) is 6.38. The molecule has 0 aliphatic heterocycles. The fourth-order valence-corrected chi connectivity index (χ4v) is 3.82. The Morgan fingerprint density at radius 3 is 2.89 bits per heavy atom. The van der Waals surface area contributed by atoms with Gasteiger partial charge in [-0.05, 0) is 36.7 Å². The van der Waals surface area contributed by atoms with Gasteiger partial charge in [0.1, 0.15) is 0 Å². The van der Waals surface area contributed by atoms with Crippen LogP contribution in [-0.4, -0.2) is 12.5 Å². The summed E-state index contributed by atoms with van der Waals surface area (Å²) in [5.41, 5.74) is 8.02. The van der Waals surface area contributed by atoms with E-state index in [1.54, 1.807) is 11.3 Å². The number of fused-ring (bicyclic) bond motifs is 1. The van der Waals surface area contributed by atoms with E-state index in [1.165, 1.54) is 16.9 Å². The predicted octanol–water partition coefficient (Wildman–Crippen LogP) is 3.16. The molecular formula is C14H22N2OS. The minimum atomic E-state index is 0.00722. The van der Waals surface area contributed by atoms with Crippen LogP contribution < -0.4 is 11.1 Å². The Morgan fingerprint density at radius 2 is 2.22 bits per heavy atom. The number of nitrogens with one attached hydrogen (secondary N) is 1. The Balaban J connectivity index is 2.36. The van der Waals surface area contributed by atoms with Crippen LogP contribution in [0, 0.1) is 5.92 Å². The van der Waals surface area contributed by atoms with Gasteiger partial charge in [0, 0.05) is 11.4 Å². The van der Waals surface area contributed by atoms with Gasteiger partial charge < -0.3 is 11.1 Å². The molecule has 2 atom stereocenters. The van der Waals surface area contributed by atoms with Crippen molar-refractivity contribution in [2.24, 2.45) is 5.92 Å².